The molecule has 100 valence electrons. The van der Waals surface area contributed by atoms with Crippen LogP contribution in [-0.4, -0.2) is 38.4 Å². The molecule has 5 heteroatoms. The van der Waals surface area contributed by atoms with Crippen molar-refractivity contribution in [1.29, 1.82) is 5.16 Å². The van der Waals surface area contributed by atoms with Crippen LogP contribution >= 0.6 is 7.58 Å². The first-order chi connectivity index (χ1) is 7.87. The fourth-order valence-corrected chi connectivity index (χ4v) is 6.54. The van der Waals surface area contributed by atoms with Crippen LogP contribution in [0.1, 0.15) is 53.4 Å². The van der Waals surface area contributed by atoms with Gasteiger partial charge in [-0.3, -0.25) is 5.16 Å². The summed E-state index contributed by atoms with van der Waals surface area (Å²) in [4.78, 5) is 10.7. The van der Waals surface area contributed by atoms with Gasteiger partial charge in [0.05, 0.1) is 0 Å². The number of fused-ring (bicyclic) bond motifs is 1. The molecule has 2 N–H and O–H groups in total. The van der Waals surface area contributed by atoms with E-state index in [4.69, 9.17) is 5.16 Å². The Labute approximate surface area is 105 Å². The highest BCUT2D eigenvalue weighted by atomic mass is 31.2. The molecule has 0 amide bonds. The molecule has 2 atom stereocenters. The maximum atomic E-state index is 10.7. The zero-order valence-corrected chi connectivity index (χ0v) is 12.3. The van der Waals surface area contributed by atoms with Crippen molar-refractivity contribution in [2.75, 3.05) is 0 Å². The van der Waals surface area contributed by atoms with Crippen molar-refractivity contribution in [3.8, 4) is 0 Å². The fraction of sp³-hybridized carbons (Fsp3) is 1.00. The average Bonchev–Trinajstić information content (AvgIpc) is 2.42. The van der Waals surface area contributed by atoms with E-state index in [1.807, 2.05) is 0 Å². The van der Waals surface area contributed by atoms with Gasteiger partial charge < -0.3 is 4.89 Å². The summed E-state index contributed by atoms with van der Waals surface area (Å²) in [5.41, 5.74) is 0. The van der Waals surface area contributed by atoms with Crippen LogP contribution < -0.4 is 0 Å². The lowest BCUT2D eigenvalue weighted by atomic mass is 9.89. The lowest BCUT2D eigenvalue weighted by Crippen LogP contribution is -2.43. The van der Waals surface area contributed by atoms with Gasteiger partial charge in [0.2, 0.25) is 7.58 Å². The Balaban J connectivity index is 2.38. The molecule has 0 aromatic rings. The summed E-state index contributed by atoms with van der Waals surface area (Å²) >= 11 is 0. The molecule has 0 aromatic carbocycles. The molecule has 0 bridgehead atoms. The highest BCUT2D eigenvalue weighted by Crippen LogP contribution is 2.62. The van der Waals surface area contributed by atoms with E-state index < -0.39 is 7.58 Å². The Morgan fingerprint density at radius 3 is 1.65 bits per heavy atom. The number of hydrogen-bond donors (Lipinski definition) is 2. The fourth-order valence-electron chi connectivity index (χ4n) is 3.65. The highest BCUT2D eigenvalue weighted by Gasteiger charge is 2.53. The largest absolute Gasteiger partial charge is 0.337 e. The van der Waals surface area contributed by atoms with Crippen LogP contribution in [-0.2, 0) is 0 Å². The van der Waals surface area contributed by atoms with Crippen molar-refractivity contribution in [2.24, 2.45) is 0 Å². The van der Waals surface area contributed by atoms with E-state index in [0.29, 0.717) is 12.1 Å². The first-order valence-corrected chi connectivity index (χ1v) is 8.46. The third kappa shape index (κ3) is 2.10. The van der Waals surface area contributed by atoms with E-state index >= 15 is 0 Å². The van der Waals surface area contributed by atoms with Gasteiger partial charge in [0.15, 0.2) is 0 Å². The molecular weight excluding hydrogens is 233 g/mol. The Hall–Kier alpha value is 0.110. The molecular formula is C12H26N3OP. The molecule has 2 fully saturated rings. The van der Waals surface area contributed by atoms with Crippen LogP contribution in [0.15, 0.2) is 0 Å². The van der Waals surface area contributed by atoms with E-state index in [1.165, 1.54) is 12.8 Å². The number of hydrogen-bond acceptors (Lipinski definition) is 1. The first kappa shape index (κ1) is 13.5. The second-order valence-electron chi connectivity index (χ2n) is 5.93. The molecule has 4 nitrogen and oxygen atoms in total. The third-order valence-electron chi connectivity index (χ3n) is 4.08. The first-order valence-electron chi connectivity index (χ1n) is 6.82. The minimum absolute atomic E-state index is 0.264. The third-order valence-corrected chi connectivity index (χ3v) is 6.88. The summed E-state index contributed by atoms with van der Waals surface area (Å²) in [6.45, 7) is 8.42. The van der Waals surface area contributed by atoms with E-state index in [1.54, 1.807) is 0 Å². The standard InChI is InChI=1S/C12H26N3OP/c1-9(2)14-11-7-5-6-8-12(11)15(10(3)4)17(14,13)16/h9-12H,5-8H2,1-4H3,(H2,13,16)/t11-,12-/m1/s1. The van der Waals surface area contributed by atoms with E-state index in [2.05, 4.69) is 37.0 Å². The van der Waals surface area contributed by atoms with Gasteiger partial charge in [-0.05, 0) is 40.5 Å². The average molecular weight is 259 g/mol. The molecule has 0 unspecified atom stereocenters. The minimum Gasteiger partial charge on any atom is -0.337 e. The maximum absolute atomic E-state index is 10.7. The van der Waals surface area contributed by atoms with Crippen LogP contribution in [0.3, 0.4) is 0 Å². The highest BCUT2D eigenvalue weighted by molar-refractivity contribution is 7.54. The molecule has 1 heterocycles. The number of nitrogens with zero attached hydrogens (tertiary/aromatic N) is 2. The van der Waals surface area contributed by atoms with Crippen molar-refractivity contribution >= 4 is 7.58 Å². The molecule has 2 aliphatic rings. The van der Waals surface area contributed by atoms with Crippen molar-refractivity contribution in [3.05, 3.63) is 0 Å². The summed E-state index contributed by atoms with van der Waals surface area (Å²) in [5.74, 6) is 0. The van der Waals surface area contributed by atoms with E-state index in [0.717, 1.165) is 12.8 Å². The lowest BCUT2D eigenvalue weighted by Gasteiger charge is -2.34. The summed E-state index contributed by atoms with van der Waals surface area (Å²) in [7, 11) is -2.81. The van der Waals surface area contributed by atoms with Gasteiger partial charge in [-0.25, -0.2) is 9.34 Å². The summed E-state index contributed by atoms with van der Waals surface area (Å²) < 4.78 is 4.22. The smallest absolute Gasteiger partial charge is 0.223 e. The quantitative estimate of drug-likeness (QED) is 0.748. The molecule has 0 radical (unpaired) electrons. The molecule has 0 aromatic heterocycles. The predicted octanol–water partition coefficient (Wildman–Crippen LogP) is 3.25. The normalized spacial score (nSPS) is 34.5. The zero-order valence-electron chi connectivity index (χ0n) is 11.4. The van der Waals surface area contributed by atoms with Crippen molar-refractivity contribution in [1.82, 2.24) is 9.34 Å². The Kier molecular flexibility index (Phi) is 3.71. The molecule has 1 saturated heterocycles. The SMILES string of the molecule is CC(C)N1[C@@H]2CCCC[C@H]2N(C(C)C)P1(=N)O. The van der Waals surface area contributed by atoms with Crippen molar-refractivity contribution < 1.29 is 4.89 Å². The molecule has 1 saturated carbocycles. The van der Waals surface area contributed by atoms with Crippen LogP contribution in [0, 0.1) is 5.16 Å². The lowest BCUT2D eigenvalue weighted by molar-refractivity contribution is 0.173. The minimum atomic E-state index is -2.81. The van der Waals surface area contributed by atoms with Crippen LogP contribution in [0.5, 0.6) is 0 Å². The van der Waals surface area contributed by atoms with Gasteiger partial charge in [0, 0.05) is 24.2 Å². The Bertz CT molecular complexity index is 304. The number of nitrogens with one attached hydrogen (secondary N) is 1. The monoisotopic (exact) mass is 259 g/mol. The van der Waals surface area contributed by atoms with Crippen LogP contribution in [0.4, 0.5) is 0 Å². The van der Waals surface area contributed by atoms with Gasteiger partial charge in [-0.2, -0.15) is 0 Å². The van der Waals surface area contributed by atoms with Crippen molar-refractivity contribution in [2.45, 2.75) is 77.5 Å². The molecule has 1 aliphatic carbocycles. The predicted molar refractivity (Wildman–Crippen MR) is 71.9 cm³/mol. The van der Waals surface area contributed by atoms with Crippen molar-refractivity contribution in [3.63, 3.8) is 0 Å². The van der Waals surface area contributed by atoms with Gasteiger partial charge in [-0.15, -0.1) is 0 Å². The summed E-state index contributed by atoms with van der Waals surface area (Å²) in [6.07, 6.45) is 4.78. The van der Waals surface area contributed by atoms with Gasteiger partial charge in [0.25, 0.3) is 0 Å². The van der Waals surface area contributed by atoms with Crippen LogP contribution in [0.25, 0.3) is 0 Å². The molecule has 2 rings (SSSR count). The Morgan fingerprint density at radius 2 is 1.35 bits per heavy atom. The summed E-state index contributed by atoms with van der Waals surface area (Å²) in [6, 6.07) is 1.34. The summed E-state index contributed by atoms with van der Waals surface area (Å²) in [5, 5.41) is 8.48. The molecule has 0 spiro atoms. The maximum Gasteiger partial charge on any atom is 0.223 e. The molecule has 17 heavy (non-hydrogen) atoms. The zero-order chi connectivity index (χ0) is 12.8. The second-order valence-corrected chi connectivity index (χ2v) is 8.00. The van der Waals surface area contributed by atoms with Gasteiger partial charge >= 0.3 is 0 Å². The molecule has 1 aliphatic heterocycles. The second kappa shape index (κ2) is 4.65. The topological polar surface area (TPSA) is 50.6 Å². The van der Waals surface area contributed by atoms with E-state index in [9.17, 15) is 4.89 Å². The van der Waals surface area contributed by atoms with Gasteiger partial charge in [-0.1, -0.05) is 12.8 Å². The Morgan fingerprint density at radius 1 is 1.00 bits per heavy atom. The van der Waals surface area contributed by atoms with E-state index in [-0.39, 0.29) is 12.1 Å². The number of rotatable bonds is 2. The van der Waals surface area contributed by atoms with Crippen LogP contribution in [0.2, 0.25) is 0 Å². The van der Waals surface area contributed by atoms with Gasteiger partial charge in [0.1, 0.15) is 0 Å².